The Labute approximate surface area is 231 Å². The molecule has 1 rings (SSSR count). The molecule has 41 heavy (non-hydrogen) atoms. The van der Waals surface area contributed by atoms with Crippen LogP contribution in [0.2, 0.25) is 0 Å². The van der Waals surface area contributed by atoms with Crippen LogP contribution in [-0.2, 0) is 44.8 Å². The lowest BCUT2D eigenvalue weighted by atomic mass is 10.0. The Hall–Kier alpha value is -5.22. The Balaban J connectivity index is 3.28. The van der Waals surface area contributed by atoms with Gasteiger partial charge in [0, 0.05) is 19.8 Å². The average molecular weight is 583 g/mol. The second-order valence-electron chi connectivity index (χ2n) is 8.77. The zero-order valence-electron chi connectivity index (χ0n) is 21.7. The van der Waals surface area contributed by atoms with E-state index in [0.717, 1.165) is 6.92 Å². The Morgan fingerprint density at radius 2 is 1.10 bits per heavy atom. The predicted molar refractivity (Wildman–Crippen MR) is 134 cm³/mol. The van der Waals surface area contributed by atoms with Gasteiger partial charge in [0.15, 0.2) is 0 Å². The molecule has 0 spiro atoms. The van der Waals surface area contributed by atoms with Gasteiger partial charge in [-0.15, -0.1) is 0 Å². The number of aromatic hydroxyl groups is 1. The van der Waals surface area contributed by atoms with Crippen LogP contribution in [-0.4, -0.2) is 97.2 Å². The molecule has 17 heteroatoms. The maximum atomic E-state index is 13.2. The van der Waals surface area contributed by atoms with Gasteiger partial charge in [0.1, 0.15) is 29.9 Å². The van der Waals surface area contributed by atoms with E-state index in [1.807, 2.05) is 5.32 Å². The monoisotopic (exact) mass is 582 g/mol. The fourth-order valence-electron chi connectivity index (χ4n) is 3.43. The quantitative estimate of drug-likeness (QED) is 0.0943. The molecule has 1 aromatic carbocycles. The minimum Gasteiger partial charge on any atom is -0.508 e. The van der Waals surface area contributed by atoms with Gasteiger partial charge in [0.2, 0.25) is 23.6 Å². The van der Waals surface area contributed by atoms with E-state index >= 15 is 0 Å². The molecule has 224 valence electrons. The first kappa shape index (κ1) is 33.8. The first-order valence-electron chi connectivity index (χ1n) is 11.9. The zero-order chi connectivity index (χ0) is 31.3. The van der Waals surface area contributed by atoms with E-state index in [1.165, 1.54) is 24.3 Å². The van der Waals surface area contributed by atoms with Crippen LogP contribution in [0.1, 0.15) is 38.2 Å². The third kappa shape index (κ3) is 12.9. The summed E-state index contributed by atoms with van der Waals surface area (Å²) in [7, 11) is 0. The number of phenols is 1. The lowest BCUT2D eigenvalue weighted by Crippen LogP contribution is -2.58. The van der Waals surface area contributed by atoms with Crippen molar-refractivity contribution in [2.75, 3.05) is 0 Å². The van der Waals surface area contributed by atoms with Crippen LogP contribution in [0.25, 0.3) is 0 Å². The van der Waals surface area contributed by atoms with E-state index in [1.54, 1.807) is 0 Å². The van der Waals surface area contributed by atoms with Gasteiger partial charge in [0.05, 0.1) is 12.8 Å². The lowest BCUT2D eigenvalue weighted by Gasteiger charge is -2.25. The molecule has 17 nitrogen and oxygen atoms in total. The van der Waals surface area contributed by atoms with Crippen molar-refractivity contribution < 1.29 is 63.9 Å². The molecule has 0 radical (unpaired) electrons. The topological polar surface area (TPSA) is 286 Å². The zero-order valence-corrected chi connectivity index (χ0v) is 21.7. The van der Waals surface area contributed by atoms with Crippen molar-refractivity contribution in [1.82, 2.24) is 21.3 Å². The van der Waals surface area contributed by atoms with Crippen molar-refractivity contribution in [1.29, 1.82) is 0 Å². The highest BCUT2D eigenvalue weighted by Crippen LogP contribution is 2.12. The highest BCUT2D eigenvalue weighted by molar-refractivity contribution is 5.96. The summed E-state index contributed by atoms with van der Waals surface area (Å²) >= 11 is 0. The number of carboxylic acid groups (broad SMARTS) is 4. The van der Waals surface area contributed by atoms with Crippen LogP contribution in [0.15, 0.2) is 24.3 Å². The summed E-state index contributed by atoms with van der Waals surface area (Å²) in [5.74, 6) is -10.3. The van der Waals surface area contributed by atoms with Crippen LogP contribution in [0.5, 0.6) is 5.75 Å². The number of nitrogens with one attached hydrogen (secondary N) is 4. The smallest absolute Gasteiger partial charge is 0.326 e. The van der Waals surface area contributed by atoms with Gasteiger partial charge in [-0.05, 0) is 24.1 Å². The summed E-state index contributed by atoms with van der Waals surface area (Å²) in [6, 6.07) is -1.48. The fourth-order valence-corrected chi connectivity index (χ4v) is 3.43. The van der Waals surface area contributed by atoms with E-state index in [0.29, 0.717) is 5.56 Å². The second-order valence-corrected chi connectivity index (χ2v) is 8.77. The lowest BCUT2D eigenvalue weighted by molar-refractivity contribution is -0.147. The minimum atomic E-state index is -1.88. The molecule has 0 fully saturated rings. The molecule has 1 aromatic rings. The molecule has 0 aliphatic carbocycles. The summed E-state index contributed by atoms with van der Waals surface area (Å²) in [4.78, 5) is 95.0. The number of carboxylic acids is 4. The summed E-state index contributed by atoms with van der Waals surface area (Å²) in [6.07, 6.45) is -3.37. The maximum Gasteiger partial charge on any atom is 0.326 e. The first-order valence-corrected chi connectivity index (χ1v) is 11.9. The number of aliphatic carboxylic acids is 4. The Bertz CT molecular complexity index is 1150. The number of phenolic OH excluding ortho intramolecular Hbond substituents is 1. The average Bonchev–Trinajstić information content (AvgIpc) is 2.85. The number of benzene rings is 1. The number of carbonyl (C=O) groups excluding carboxylic acids is 4. The number of hydrogen-bond acceptors (Lipinski definition) is 9. The molecule has 4 amide bonds. The summed E-state index contributed by atoms with van der Waals surface area (Å²) < 4.78 is 0. The van der Waals surface area contributed by atoms with Gasteiger partial charge in [-0.2, -0.15) is 0 Å². The maximum absolute atomic E-state index is 13.2. The van der Waals surface area contributed by atoms with E-state index in [4.69, 9.17) is 15.3 Å². The van der Waals surface area contributed by atoms with Crippen LogP contribution >= 0.6 is 0 Å². The van der Waals surface area contributed by atoms with Crippen molar-refractivity contribution in [3.63, 3.8) is 0 Å². The molecular formula is C24H30N4O13. The summed E-state index contributed by atoms with van der Waals surface area (Å²) in [5, 5.41) is 54.3. The van der Waals surface area contributed by atoms with Crippen LogP contribution < -0.4 is 21.3 Å². The molecule has 0 bridgehead atoms. The van der Waals surface area contributed by atoms with E-state index in [2.05, 4.69) is 16.0 Å². The Kier molecular flexibility index (Phi) is 13.2. The van der Waals surface area contributed by atoms with Crippen molar-refractivity contribution in [2.24, 2.45) is 0 Å². The molecule has 0 aromatic heterocycles. The third-order valence-electron chi connectivity index (χ3n) is 5.36. The largest absolute Gasteiger partial charge is 0.508 e. The SMILES string of the molecule is CC(=O)N[C@@H](CC(=O)O)C(=O)N[C@@H](CCC(=O)O)C(=O)N[C@@H](Cc1ccc(O)cc1)C(=O)N[C@@H](CC(=O)O)C(=O)O. The Morgan fingerprint density at radius 3 is 1.59 bits per heavy atom. The molecule has 0 saturated heterocycles. The fraction of sp³-hybridized carbons (Fsp3) is 0.417. The highest BCUT2D eigenvalue weighted by atomic mass is 16.4. The third-order valence-corrected chi connectivity index (χ3v) is 5.36. The van der Waals surface area contributed by atoms with Crippen LogP contribution in [0.4, 0.5) is 0 Å². The molecular weight excluding hydrogens is 552 g/mol. The molecule has 0 aliphatic heterocycles. The normalized spacial score (nSPS) is 13.4. The number of rotatable bonds is 17. The summed E-state index contributed by atoms with van der Waals surface area (Å²) in [6.45, 7) is 1.01. The molecule has 4 atom stereocenters. The van der Waals surface area contributed by atoms with Crippen molar-refractivity contribution >= 4 is 47.5 Å². The molecule has 0 saturated carbocycles. The molecule has 0 aliphatic rings. The minimum absolute atomic E-state index is 0.127. The summed E-state index contributed by atoms with van der Waals surface area (Å²) in [5.41, 5.74) is 0.353. The van der Waals surface area contributed by atoms with Gasteiger partial charge in [0.25, 0.3) is 0 Å². The van der Waals surface area contributed by atoms with Crippen molar-refractivity contribution in [3.8, 4) is 5.75 Å². The molecule has 0 heterocycles. The second kappa shape index (κ2) is 16.0. The van der Waals surface area contributed by atoms with Crippen molar-refractivity contribution in [3.05, 3.63) is 29.8 Å². The van der Waals surface area contributed by atoms with E-state index in [9.17, 15) is 48.6 Å². The van der Waals surface area contributed by atoms with Crippen LogP contribution in [0, 0.1) is 0 Å². The van der Waals surface area contributed by atoms with Gasteiger partial charge in [-0.3, -0.25) is 33.6 Å². The molecule has 0 unspecified atom stereocenters. The highest BCUT2D eigenvalue weighted by Gasteiger charge is 2.32. The standard InChI is InChI=1S/C24H30N4O13/c1-11(29)25-16(9-19(33)34)23(39)26-14(6-7-18(31)32)21(37)27-15(8-12-2-4-13(30)5-3-12)22(38)28-17(24(40)41)10-20(35)36/h2-5,14-17,30H,6-10H2,1H3,(H,25,29)(H,26,39)(H,27,37)(H,28,38)(H,31,32)(H,33,34)(H,35,36)(H,40,41)/t14-,15-,16-,17-/m0/s1. The van der Waals surface area contributed by atoms with E-state index in [-0.39, 0.29) is 12.2 Å². The number of hydrogen-bond donors (Lipinski definition) is 9. The van der Waals surface area contributed by atoms with Gasteiger partial charge < -0.3 is 46.8 Å². The van der Waals surface area contributed by atoms with Gasteiger partial charge in [-0.25, -0.2) is 4.79 Å². The number of carbonyl (C=O) groups is 8. The van der Waals surface area contributed by atoms with Crippen LogP contribution in [0.3, 0.4) is 0 Å². The Morgan fingerprint density at radius 1 is 0.634 bits per heavy atom. The first-order chi connectivity index (χ1) is 19.1. The predicted octanol–water partition coefficient (Wildman–Crippen LogP) is -2.21. The van der Waals surface area contributed by atoms with Gasteiger partial charge in [-0.1, -0.05) is 12.1 Å². The number of amides is 4. The van der Waals surface area contributed by atoms with E-state index < -0.39 is 97.4 Å². The van der Waals surface area contributed by atoms with Gasteiger partial charge >= 0.3 is 23.9 Å². The van der Waals surface area contributed by atoms with Crippen molar-refractivity contribution in [2.45, 2.75) is 63.2 Å². The molecule has 9 N–H and O–H groups in total.